The first-order valence-corrected chi connectivity index (χ1v) is 12.7. The molecule has 0 unspecified atom stereocenters. The molecule has 5 rings (SSSR count). The molecular formula is C22H24ClFN6O3S. The van der Waals surface area contributed by atoms with Gasteiger partial charge in [0.15, 0.2) is 5.82 Å². The smallest absolute Gasteiger partial charge is 0.239 e. The highest BCUT2D eigenvalue weighted by molar-refractivity contribution is 7.89. The molecule has 0 saturated carbocycles. The van der Waals surface area contributed by atoms with Crippen molar-refractivity contribution in [1.82, 2.24) is 19.2 Å². The van der Waals surface area contributed by atoms with Gasteiger partial charge < -0.3 is 15.0 Å². The van der Waals surface area contributed by atoms with E-state index < -0.39 is 27.1 Å². The summed E-state index contributed by atoms with van der Waals surface area (Å²) in [6.07, 6.45) is 0. The summed E-state index contributed by atoms with van der Waals surface area (Å²) < 4.78 is 49.6. The number of morpholine rings is 1. The molecule has 0 bridgehead atoms. The van der Waals surface area contributed by atoms with Gasteiger partial charge in [-0.1, -0.05) is 23.7 Å². The Bertz CT molecular complexity index is 1410. The van der Waals surface area contributed by atoms with Crippen molar-refractivity contribution in [3.8, 4) is 5.69 Å². The monoisotopic (exact) mass is 506 g/mol. The van der Waals surface area contributed by atoms with E-state index in [1.807, 2.05) is 4.90 Å². The molecular weight excluding hydrogens is 483 g/mol. The van der Waals surface area contributed by atoms with Crippen molar-refractivity contribution in [1.29, 1.82) is 5.41 Å². The molecule has 3 heterocycles. The third-order valence-corrected chi connectivity index (χ3v) is 8.50. The van der Waals surface area contributed by atoms with Crippen LogP contribution in [0.2, 0.25) is 5.02 Å². The van der Waals surface area contributed by atoms with Crippen molar-refractivity contribution in [3.05, 3.63) is 52.8 Å². The van der Waals surface area contributed by atoms with Crippen LogP contribution in [0.15, 0.2) is 36.4 Å². The Morgan fingerprint density at radius 3 is 2.68 bits per heavy atom. The standard InChI is InChI=1S/C22H24ClFN6O3S/c1-22(13-34(31,32)28(2)20(25)27-22)15-4-3-5-17(19(15)24)30-18-12-14(23)6-7-16(18)26-21(30)29-8-10-33-11-9-29/h3-7,12H,8-11,13H2,1-2H3,(H2,25,27)/t22-/m0/s1. The number of fused-ring (bicyclic) bond motifs is 1. The van der Waals surface area contributed by atoms with Gasteiger partial charge in [-0.3, -0.25) is 9.98 Å². The van der Waals surface area contributed by atoms with Crippen LogP contribution in [0, 0.1) is 11.2 Å². The van der Waals surface area contributed by atoms with Gasteiger partial charge in [-0.25, -0.2) is 22.1 Å². The molecule has 180 valence electrons. The molecule has 0 aliphatic carbocycles. The second-order valence-electron chi connectivity index (χ2n) is 8.65. The first-order chi connectivity index (χ1) is 16.1. The Kier molecular flexibility index (Phi) is 5.45. The van der Waals surface area contributed by atoms with E-state index in [9.17, 15) is 8.42 Å². The minimum Gasteiger partial charge on any atom is -0.378 e. The number of aromatic nitrogens is 2. The van der Waals surface area contributed by atoms with Crippen LogP contribution in [0.1, 0.15) is 12.5 Å². The SMILES string of the molecule is CN1C(=N)N[C@](C)(c2cccc(-n3c(N4CCOCC4)nc4ccc(Cl)cc43)c2F)CS1(=O)=O. The summed E-state index contributed by atoms with van der Waals surface area (Å²) in [6.45, 7) is 3.84. The van der Waals surface area contributed by atoms with Gasteiger partial charge in [-0.15, -0.1) is 0 Å². The Labute approximate surface area is 201 Å². The number of halogens is 2. The maximum atomic E-state index is 16.3. The van der Waals surface area contributed by atoms with E-state index in [0.29, 0.717) is 48.3 Å². The lowest BCUT2D eigenvalue weighted by Crippen LogP contribution is -2.61. The molecule has 0 radical (unpaired) electrons. The fourth-order valence-electron chi connectivity index (χ4n) is 4.49. The molecule has 2 aliphatic heterocycles. The van der Waals surface area contributed by atoms with E-state index in [2.05, 4.69) is 5.32 Å². The molecule has 0 amide bonds. The third kappa shape index (κ3) is 3.68. The fraction of sp³-hybridized carbons (Fsp3) is 0.364. The van der Waals surface area contributed by atoms with E-state index in [1.165, 1.54) is 7.05 Å². The van der Waals surface area contributed by atoms with Crippen molar-refractivity contribution < 1.29 is 17.5 Å². The molecule has 2 fully saturated rings. The molecule has 2 aromatic carbocycles. The van der Waals surface area contributed by atoms with Crippen LogP contribution in [0.3, 0.4) is 0 Å². The number of ether oxygens (including phenoxy) is 1. The quantitative estimate of drug-likeness (QED) is 0.566. The second-order valence-corrected chi connectivity index (χ2v) is 11.1. The molecule has 0 spiro atoms. The molecule has 1 aromatic heterocycles. The number of sulfonamides is 1. The van der Waals surface area contributed by atoms with Gasteiger partial charge in [0.1, 0.15) is 0 Å². The van der Waals surface area contributed by atoms with Crippen LogP contribution < -0.4 is 10.2 Å². The van der Waals surface area contributed by atoms with E-state index in [0.717, 1.165) is 4.31 Å². The predicted molar refractivity (Wildman–Crippen MR) is 129 cm³/mol. The lowest BCUT2D eigenvalue weighted by atomic mass is 9.92. The number of rotatable bonds is 3. The van der Waals surface area contributed by atoms with E-state index in [1.54, 1.807) is 47.9 Å². The van der Waals surface area contributed by atoms with Crippen LogP contribution in [0.5, 0.6) is 0 Å². The van der Waals surface area contributed by atoms with Gasteiger partial charge in [0.2, 0.25) is 21.9 Å². The number of hydrogen-bond donors (Lipinski definition) is 2. The second kappa shape index (κ2) is 8.10. The van der Waals surface area contributed by atoms with Crippen molar-refractivity contribution in [2.45, 2.75) is 12.5 Å². The Morgan fingerprint density at radius 2 is 1.97 bits per heavy atom. The highest BCUT2D eigenvalue weighted by Crippen LogP contribution is 2.35. The summed E-state index contributed by atoms with van der Waals surface area (Å²) in [5.74, 6) is -0.753. The molecule has 9 nitrogen and oxygen atoms in total. The van der Waals surface area contributed by atoms with Gasteiger partial charge in [0.25, 0.3) is 0 Å². The summed E-state index contributed by atoms with van der Waals surface area (Å²) in [5, 5.41) is 11.4. The zero-order valence-corrected chi connectivity index (χ0v) is 20.2. The summed E-state index contributed by atoms with van der Waals surface area (Å²) in [7, 11) is -2.50. The lowest BCUT2D eigenvalue weighted by Gasteiger charge is -2.40. The lowest BCUT2D eigenvalue weighted by molar-refractivity contribution is 0.122. The average Bonchev–Trinajstić information content (AvgIpc) is 3.16. The van der Waals surface area contributed by atoms with Crippen LogP contribution in [0.25, 0.3) is 16.7 Å². The Hall–Kier alpha value is -2.89. The fourth-order valence-corrected chi connectivity index (χ4v) is 6.13. The summed E-state index contributed by atoms with van der Waals surface area (Å²) in [5.41, 5.74) is 0.309. The maximum Gasteiger partial charge on any atom is 0.239 e. The Morgan fingerprint density at radius 1 is 1.24 bits per heavy atom. The minimum absolute atomic E-state index is 0.142. The maximum absolute atomic E-state index is 16.3. The molecule has 3 aromatic rings. The highest BCUT2D eigenvalue weighted by atomic mass is 35.5. The third-order valence-electron chi connectivity index (χ3n) is 6.30. The molecule has 2 aliphatic rings. The molecule has 12 heteroatoms. The molecule has 2 saturated heterocycles. The highest BCUT2D eigenvalue weighted by Gasteiger charge is 2.43. The van der Waals surface area contributed by atoms with Gasteiger partial charge >= 0.3 is 0 Å². The summed E-state index contributed by atoms with van der Waals surface area (Å²) >= 11 is 6.28. The van der Waals surface area contributed by atoms with E-state index >= 15 is 4.39 Å². The minimum atomic E-state index is -3.79. The predicted octanol–water partition coefficient (Wildman–Crippen LogP) is 2.67. The first kappa shape index (κ1) is 22.9. The first-order valence-electron chi connectivity index (χ1n) is 10.7. The van der Waals surface area contributed by atoms with E-state index in [4.69, 9.17) is 26.7 Å². The number of guanidine groups is 1. The number of nitrogens with one attached hydrogen (secondary N) is 2. The number of hydrogen-bond acceptors (Lipinski definition) is 6. The van der Waals surface area contributed by atoms with Crippen LogP contribution >= 0.6 is 11.6 Å². The largest absolute Gasteiger partial charge is 0.378 e. The van der Waals surface area contributed by atoms with Crippen LogP contribution in [-0.2, 0) is 20.3 Å². The van der Waals surface area contributed by atoms with Crippen molar-refractivity contribution in [3.63, 3.8) is 0 Å². The summed E-state index contributed by atoms with van der Waals surface area (Å²) in [4.78, 5) is 6.78. The average molecular weight is 507 g/mol. The molecule has 2 N–H and O–H groups in total. The zero-order chi connectivity index (χ0) is 24.3. The van der Waals surface area contributed by atoms with Crippen molar-refractivity contribution >= 4 is 44.6 Å². The van der Waals surface area contributed by atoms with Crippen molar-refractivity contribution in [2.24, 2.45) is 0 Å². The van der Waals surface area contributed by atoms with Crippen LogP contribution in [-0.4, -0.2) is 67.3 Å². The molecule has 34 heavy (non-hydrogen) atoms. The van der Waals surface area contributed by atoms with Gasteiger partial charge in [0, 0.05) is 30.7 Å². The van der Waals surface area contributed by atoms with Gasteiger partial charge in [-0.05, 0) is 31.2 Å². The summed E-state index contributed by atoms with van der Waals surface area (Å²) in [6, 6.07) is 10.1. The number of imidazole rings is 1. The molecule has 1 atom stereocenters. The van der Waals surface area contributed by atoms with Gasteiger partial charge in [0.05, 0.1) is 41.2 Å². The number of nitrogens with zero attached hydrogens (tertiary/aromatic N) is 4. The number of benzene rings is 2. The normalized spacial score (nSPS) is 22.8. The van der Waals surface area contributed by atoms with Crippen molar-refractivity contribution in [2.75, 3.05) is 44.0 Å². The van der Waals surface area contributed by atoms with E-state index in [-0.39, 0.29) is 17.2 Å². The Balaban J connectivity index is 1.70. The van der Waals surface area contributed by atoms with Crippen LogP contribution in [0.4, 0.5) is 10.3 Å². The van der Waals surface area contributed by atoms with Gasteiger partial charge in [-0.2, -0.15) is 0 Å². The zero-order valence-electron chi connectivity index (χ0n) is 18.7. The topological polar surface area (TPSA) is 104 Å². The number of anilines is 1.